The third-order valence-corrected chi connectivity index (χ3v) is 14.6. The lowest BCUT2D eigenvalue weighted by Crippen LogP contribution is -2.61. The number of aromatic nitrogens is 2. The maximum Gasteiger partial charge on any atom is 0.262 e. The summed E-state index contributed by atoms with van der Waals surface area (Å²) in [5.41, 5.74) is 4.82. The lowest BCUT2D eigenvalue weighted by Gasteiger charge is -2.50. The van der Waals surface area contributed by atoms with E-state index in [0.717, 1.165) is 54.1 Å². The van der Waals surface area contributed by atoms with E-state index in [1.807, 2.05) is 31.3 Å². The Labute approximate surface area is 407 Å². The molecule has 2 N–H and O–H groups in total. The molecule has 0 spiro atoms. The van der Waals surface area contributed by atoms with E-state index in [1.165, 1.54) is 12.1 Å². The smallest absolute Gasteiger partial charge is 0.262 e. The molecule has 4 aromatic carbocycles. The number of likely N-dealkylation sites (N-methyl/N-ethyl adjacent to an activating group) is 1. The number of imide groups is 2. The Morgan fingerprint density at radius 3 is 2.14 bits per heavy atom. The number of para-hydroxylation sites is 2. The van der Waals surface area contributed by atoms with Gasteiger partial charge in [0.1, 0.15) is 30.7 Å². The highest BCUT2D eigenvalue weighted by atomic mass is 16.6. The Morgan fingerprint density at radius 2 is 1.44 bits per heavy atom. The van der Waals surface area contributed by atoms with E-state index in [4.69, 9.17) is 33.2 Å². The number of hydrogen-bond donors (Lipinski definition) is 2. The van der Waals surface area contributed by atoms with Crippen molar-refractivity contribution < 1.29 is 61.9 Å². The summed E-state index contributed by atoms with van der Waals surface area (Å²) < 4.78 is 46.6. The number of benzene rings is 4. The van der Waals surface area contributed by atoms with Crippen LogP contribution in [0.3, 0.4) is 0 Å². The molecule has 1 unspecified atom stereocenters. The number of amides is 6. The molecule has 11 rings (SSSR count). The Balaban J connectivity index is 0.630. The summed E-state index contributed by atoms with van der Waals surface area (Å²) in [6.07, 6.45) is -0.297. The molecule has 2 saturated heterocycles. The molecule has 2 aromatic heterocycles. The number of methoxy groups -OCH3 is 1. The van der Waals surface area contributed by atoms with Gasteiger partial charge in [-0.1, -0.05) is 36.4 Å². The second-order valence-corrected chi connectivity index (χ2v) is 18.5. The summed E-state index contributed by atoms with van der Waals surface area (Å²) in [6, 6.07) is 19.5. The van der Waals surface area contributed by atoms with Gasteiger partial charge >= 0.3 is 0 Å². The van der Waals surface area contributed by atoms with Crippen LogP contribution in [0, 0.1) is 0 Å². The summed E-state index contributed by atoms with van der Waals surface area (Å²) in [5.74, 6) is -2.06. The van der Waals surface area contributed by atoms with Crippen LogP contribution in [0.4, 0.5) is 0 Å². The van der Waals surface area contributed by atoms with Gasteiger partial charge in [0.25, 0.3) is 17.7 Å². The maximum atomic E-state index is 14.0. The van der Waals surface area contributed by atoms with Crippen LogP contribution in [0.1, 0.15) is 75.5 Å². The van der Waals surface area contributed by atoms with Crippen molar-refractivity contribution in [2.75, 3.05) is 73.6 Å². The van der Waals surface area contributed by atoms with Crippen LogP contribution in [-0.2, 0) is 55.1 Å². The monoisotopic (exact) mass is 970 g/mol. The van der Waals surface area contributed by atoms with Crippen LogP contribution in [0.25, 0.3) is 43.6 Å². The highest BCUT2D eigenvalue weighted by Crippen LogP contribution is 2.54. The molecule has 6 aromatic rings. The van der Waals surface area contributed by atoms with Gasteiger partial charge in [0.05, 0.1) is 104 Å². The minimum absolute atomic E-state index is 0.0474. The number of nitrogens with one attached hydrogen (secondary N) is 2. The average molecular weight is 971 g/mol. The van der Waals surface area contributed by atoms with Crippen molar-refractivity contribution in [1.82, 2.24) is 29.6 Å². The quantitative estimate of drug-likeness (QED) is 0.0847. The molecule has 0 radical (unpaired) electrons. The van der Waals surface area contributed by atoms with Gasteiger partial charge in [-0.15, -0.1) is 0 Å². The van der Waals surface area contributed by atoms with Gasteiger partial charge in [0.15, 0.2) is 5.72 Å². The third kappa shape index (κ3) is 7.73. The third-order valence-electron chi connectivity index (χ3n) is 14.6. The molecule has 5 aliphatic rings. The minimum Gasteiger partial charge on any atom is -0.491 e. The number of fused-ring (bicyclic) bond motifs is 14. The van der Waals surface area contributed by atoms with E-state index in [9.17, 15) is 28.8 Å². The fourth-order valence-corrected chi connectivity index (χ4v) is 11.4. The number of carbonyl (C=O) groups excluding carboxylic acids is 6. The zero-order valence-corrected chi connectivity index (χ0v) is 39.7. The average Bonchev–Trinajstić information content (AvgIpc) is 4.08. The lowest BCUT2D eigenvalue weighted by molar-refractivity contribution is -0.266. The fraction of sp³-hybridized carbons (Fsp3) is 0.423. The SMILES string of the molecule is CO[C@@H]1[C@H](N(C)C(=O)CCOCCOCCOCCOCCOc2ccc3c(c2)C(=O)N(C2CCC(=O)NC2=O)C3=O)C[C@H]2O[C@]1(C)n1c3ccccc3c3c4c(c5c6ccccc6n2c5c31)C(=O)NC4. The second-order valence-electron chi connectivity index (χ2n) is 18.5. The fourth-order valence-electron chi connectivity index (χ4n) is 11.4. The van der Waals surface area contributed by atoms with Gasteiger partial charge in [-0.25, -0.2) is 0 Å². The highest BCUT2D eigenvalue weighted by Gasteiger charge is 2.55. The molecule has 5 atom stereocenters. The van der Waals surface area contributed by atoms with E-state index in [-0.39, 0.29) is 68.1 Å². The van der Waals surface area contributed by atoms with Gasteiger partial charge in [-0.05, 0) is 49.2 Å². The summed E-state index contributed by atoms with van der Waals surface area (Å²) in [6.45, 7) is 5.13. The molecule has 2 bridgehead atoms. The van der Waals surface area contributed by atoms with Crippen molar-refractivity contribution in [3.8, 4) is 5.75 Å². The largest absolute Gasteiger partial charge is 0.491 e. The first-order chi connectivity index (χ1) is 34.5. The Morgan fingerprint density at radius 1 is 0.789 bits per heavy atom. The molecule has 0 saturated carbocycles. The van der Waals surface area contributed by atoms with Crippen LogP contribution in [-0.4, -0.2) is 146 Å². The van der Waals surface area contributed by atoms with Crippen molar-refractivity contribution in [2.45, 2.75) is 69.3 Å². The van der Waals surface area contributed by atoms with Crippen molar-refractivity contribution >= 4 is 79.1 Å². The maximum absolute atomic E-state index is 14.0. The van der Waals surface area contributed by atoms with Crippen molar-refractivity contribution in [2.24, 2.45) is 0 Å². The molecule has 2 fully saturated rings. The zero-order valence-electron chi connectivity index (χ0n) is 39.7. The topological polar surface area (TPSA) is 207 Å². The molecule has 19 heteroatoms. The molecule has 19 nitrogen and oxygen atoms in total. The van der Waals surface area contributed by atoms with Crippen LogP contribution in [0.2, 0.25) is 0 Å². The van der Waals surface area contributed by atoms with Gasteiger partial charge in [-0.3, -0.25) is 39.0 Å². The van der Waals surface area contributed by atoms with Crippen molar-refractivity contribution in [3.63, 3.8) is 0 Å². The first-order valence-corrected chi connectivity index (χ1v) is 24.1. The lowest BCUT2D eigenvalue weighted by atomic mass is 9.91. The summed E-state index contributed by atoms with van der Waals surface area (Å²) in [7, 11) is 3.50. The normalized spacial score (nSPS) is 22.5. The van der Waals surface area contributed by atoms with Crippen LogP contribution in [0.5, 0.6) is 5.75 Å². The zero-order chi connectivity index (χ0) is 49.1. The summed E-state index contributed by atoms with van der Waals surface area (Å²) >= 11 is 0. The minimum atomic E-state index is -1.05. The molecular formula is C52H54N6O13. The predicted molar refractivity (Wildman–Crippen MR) is 256 cm³/mol. The standard InChI is InChI=1S/C52H54N6O13/c1-52-47(65-3)38(27-41(71-52)56-35-10-6-4-8-31(35)43-44-34(28-53-49(44)62)42-32-9-5-7-11-36(32)58(52)46(42)45(43)56)55(2)40(60)16-17-66-18-19-67-20-21-68-22-23-69-24-25-70-29-12-13-30-33(26-29)51(64)57(50(30)63)37-14-15-39(59)54-48(37)61/h4-13,26,37-38,41,47H,14-25,27-28H2,1-3H3,(H,53,62)(H,54,59,61)/t37?,38-,41-,47-,52+/m1/s1. The van der Waals surface area contributed by atoms with Crippen molar-refractivity contribution in [3.05, 3.63) is 89.0 Å². The molecule has 0 aliphatic carbocycles. The van der Waals surface area contributed by atoms with E-state index in [0.29, 0.717) is 63.9 Å². The summed E-state index contributed by atoms with van der Waals surface area (Å²) in [5, 5.41) is 9.26. The number of carbonyl (C=O) groups is 6. The first kappa shape index (κ1) is 46.6. The first-order valence-electron chi connectivity index (χ1n) is 24.1. The van der Waals surface area contributed by atoms with Crippen molar-refractivity contribution in [1.29, 1.82) is 0 Å². The summed E-state index contributed by atoms with van der Waals surface area (Å²) in [4.78, 5) is 80.2. The number of piperidine rings is 1. The van der Waals surface area contributed by atoms with Gasteiger partial charge < -0.3 is 52.5 Å². The van der Waals surface area contributed by atoms with Gasteiger partial charge in [-0.2, -0.15) is 0 Å². The highest BCUT2D eigenvalue weighted by molar-refractivity contribution is 6.31. The van der Waals surface area contributed by atoms with E-state index in [1.54, 1.807) is 18.1 Å². The molecule has 71 heavy (non-hydrogen) atoms. The van der Waals surface area contributed by atoms with Crippen LogP contribution >= 0.6 is 0 Å². The molecule has 6 amide bonds. The number of nitrogens with zero attached hydrogens (tertiary/aromatic N) is 4. The van der Waals surface area contributed by atoms with Crippen LogP contribution in [0.15, 0.2) is 66.7 Å². The Hall–Kier alpha value is -6.74. The number of hydrogen-bond acceptors (Lipinski definition) is 13. The van der Waals surface area contributed by atoms with Gasteiger partial charge in [0, 0.05) is 55.1 Å². The molecule has 5 aliphatic heterocycles. The molecular weight excluding hydrogens is 917 g/mol. The second kappa shape index (κ2) is 18.8. The van der Waals surface area contributed by atoms with E-state index < -0.39 is 47.7 Å². The predicted octanol–water partition coefficient (Wildman–Crippen LogP) is 4.53. The van der Waals surface area contributed by atoms with E-state index in [2.05, 4.69) is 51.0 Å². The number of rotatable bonds is 19. The van der Waals surface area contributed by atoms with Crippen LogP contribution < -0.4 is 15.4 Å². The number of ether oxygens (including phenoxy) is 7. The Bertz CT molecular complexity index is 3180. The van der Waals surface area contributed by atoms with E-state index >= 15 is 0 Å². The Kier molecular flexibility index (Phi) is 12.3. The van der Waals surface area contributed by atoms with Gasteiger partial charge in [0.2, 0.25) is 17.7 Å². The molecule has 7 heterocycles. The molecule has 370 valence electrons.